The summed E-state index contributed by atoms with van der Waals surface area (Å²) < 4.78 is 5.01. The summed E-state index contributed by atoms with van der Waals surface area (Å²) in [7, 11) is 1.51. The Kier molecular flexibility index (Phi) is 3.78. The van der Waals surface area contributed by atoms with Crippen LogP contribution in [0.4, 0.5) is 5.13 Å². The normalized spacial score (nSPS) is 10.8. The molecule has 0 atom stereocenters. The van der Waals surface area contributed by atoms with Crippen molar-refractivity contribution < 1.29 is 9.84 Å². The van der Waals surface area contributed by atoms with E-state index < -0.39 is 0 Å². The van der Waals surface area contributed by atoms with E-state index in [0.717, 1.165) is 16.4 Å². The van der Waals surface area contributed by atoms with Gasteiger partial charge in [0.1, 0.15) is 0 Å². The Morgan fingerprint density at radius 2 is 2.33 bits per heavy atom. The SMILES string of the molecule is COc1cc(C=NNc2nc(C)cs2)ccc1O. The number of phenols is 1. The van der Waals surface area contributed by atoms with E-state index in [1.54, 1.807) is 24.4 Å². The highest BCUT2D eigenvalue weighted by molar-refractivity contribution is 7.13. The third kappa shape index (κ3) is 2.98. The highest BCUT2D eigenvalue weighted by Gasteiger charge is 2.00. The first-order valence-electron chi connectivity index (χ1n) is 5.27. The lowest BCUT2D eigenvalue weighted by Gasteiger charge is -2.03. The first-order valence-corrected chi connectivity index (χ1v) is 6.15. The van der Waals surface area contributed by atoms with Crippen molar-refractivity contribution in [3.63, 3.8) is 0 Å². The van der Waals surface area contributed by atoms with Crippen molar-refractivity contribution in [1.82, 2.24) is 4.98 Å². The minimum absolute atomic E-state index is 0.109. The van der Waals surface area contributed by atoms with Gasteiger partial charge in [0.25, 0.3) is 0 Å². The van der Waals surface area contributed by atoms with E-state index >= 15 is 0 Å². The summed E-state index contributed by atoms with van der Waals surface area (Å²) >= 11 is 1.49. The number of methoxy groups -OCH3 is 1. The molecule has 2 N–H and O–H groups in total. The van der Waals surface area contributed by atoms with Gasteiger partial charge < -0.3 is 9.84 Å². The zero-order valence-electron chi connectivity index (χ0n) is 10.0. The number of aryl methyl sites for hydroxylation is 1. The Balaban J connectivity index is 2.04. The van der Waals surface area contributed by atoms with Gasteiger partial charge in [-0.15, -0.1) is 11.3 Å². The number of nitrogens with zero attached hydrogens (tertiary/aromatic N) is 2. The number of aromatic nitrogens is 1. The van der Waals surface area contributed by atoms with E-state index in [9.17, 15) is 5.11 Å². The summed E-state index contributed by atoms with van der Waals surface area (Å²) in [6.07, 6.45) is 1.64. The van der Waals surface area contributed by atoms with E-state index in [-0.39, 0.29) is 5.75 Å². The second-order valence-corrected chi connectivity index (χ2v) is 4.45. The van der Waals surface area contributed by atoms with Gasteiger partial charge >= 0.3 is 0 Å². The van der Waals surface area contributed by atoms with Crippen molar-refractivity contribution >= 4 is 22.7 Å². The van der Waals surface area contributed by atoms with Crippen LogP contribution in [0.3, 0.4) is 0 Å². The van der Waals surface area contributed by atoms with Crippen LogP contribution in [0.2, 0.25) is 0 Å². The van der Waals surface area contributed by atoms with Crippen molar-refractivity contribution in [3.8, 4) is 11.5 Å². The van der Waals surface area contributed by atoms with Crippen LogP contribution >= 0.6 is 11.3 Å². The number of aromatic hydroxyl groups is 1. The van der Waals surface area contributed by atoms with Crippen molar-refractivity contribution in [1.29, 1.82) is 0 Å². The number of rotatable bonds is 4. The molecule has 0 aliphatic heterocycles. The molecule has 6 heteroatoms. The maximum absolute atomic E-state index is 9.45. The number of nitrogens with one attached hydrogen (secondary N) is 1. The number of benzene rings is 1. The van der Waals surface area contributed by atoms with Gasteiger partial charge in [0.2, 0.25) is 5.13 Å². The third-order valence-electron chi connectivity index (χ3n) is 2.20. The van der Waals surface area contributed by atoms with E-state index in [2.05, 4.69) is 15.5 Å². The van der Waals surface area contributed by atoms with Gasteiger partial charge in [-0.2, -0.15) is 5.10 Å². The van der Waals surface area contributed by atoms with Crippen LogP contribution in [0.1, 0.15) is 11.3 Å². The average Bonchev–Trinajstić information content (AvgIpc) is 2.77. The quantitative estimate of drug-likeness (QED) is 0.657. The molecule has 18 heavy (non-hydrogen) atoms. The maximum Gasteiger partial charge on any atom is 0.203 e. The lowest BCUT2D eigenvalue weighted by Crippen LogP contribution is -1.91. The largest absolute Gasteiger partial charge is 0.504 e. The van der Waals surface area contributed by atoms with Crippen LogP contribution in [0, 0.1) is 6.92 Å². The van der Waals surface area contributed by atoms with Gasteiger partial charge in [-0.1, -0.05) is 0 Å². The lowest BCUT2D eigenvalue weighted by atomic mass is 10.2. The Labute approximate surface area is 109 Å². The van der Waals surface area contributed by atoms with Gasteiger partial charge in [-0.05, 0) is 30.7 Å². The summed E-state index contributed by atoms with van der Waals surface area (Å²) in [4.78, 5) is 4.22. The predicted molar refractivity (Wildman–Crippen MR) is 72.7 cm³/mol. The van der Waals surface area contributed by atoms with E-state index in [0.29, 0.717) is 5.75 Å². The number of ether oxygens (including phenoxy) is 1. The summed E-state index contributed by atoms with van der Waals surface area (Å²) in [6.45, 7) is 1.93. The highest BCUT2D eigenvalue weighted by atomic mass is 32.1. The predicted octanol–water partition coefficient (Wildman–Crippen LogP) is 2.61. The molecule has 5 nitrogen and oxygen atoms in total. The molecule has 0 bridgehead atoms. The molecule has 2 rings (SSSR count). The molecule has 0 saturated carbocycles. The standard InChI is InChI=1S/C12H13N3O2S/c1-8-7-18-12(14-8)15-13-6-9-3-4-10(16)11(5-9)17-2/h3-7,16H,1-2H3,(H,14,15). The highest BCUT2D eigenvalue weighted by Crippen LogP contribution is 2.25. The number of phenolic OH excluding ortho intramolecular Hbond substituents is 1. The topological polar surface area (TPSA) is 66.7 Å². The fourth-order valence-electron chi connectivity index (χ4n) is 1.34. The number of hydrogen-bond acceptors (Lipinski definition) is 6. The van der Waals surface area contributed by atoms with Crippen LogP contribution < -0.4 is 10.2 Å². The number of thiazole rings is 1. The zero-order valence-corrected chi connectivity index (χ0v) is 10.9. The molecule has 0 unspecified atom stereocenters. The van der Waals surface area contributed by atoms with E-state index in [1.165, 1.54) is 18.4 Å². The van der Waals surface area contributed by atoms with E-state index in [4.69, 9.17) is 4.74 Å². The van der Waals surface area contributed by atoms with Crippen LogP contribution in [0.5, 0.6) is 11.5 Å². The first kappa shape index (κ1) is 12.4. The van der Waals surface area contributed by atoms with Crippen molar-refractivity contribution in [2.24, 2.45) is 5.10 Å². The minimum atomic E-state index is 0.109. The lowest BCUT2D eigenvalue weighted by molar-refractivity contribution is 0.373. The molecule has 0 saturated heterocycles. The summed E-state index contributed by atoms with van der Waals surface area (Å²) in [5.41, 5.74) is 4.63. The number of hydrogen-bond donors (Lipinski definition) is 2. The smallest absolute Gasteiger partial charge is 0.203 e. The zero-order chi connectivity index (χ0) is 13.0. The molecule has 0 fully saturated rings. The summed E-state index contributed by atoms with van der Waals surface area (Å²) in [5.74, 6) is 0.530. The molecular weight excluding hydrogens is 250 g/mol. The van der Waals surface area contributed by atoms with Gasteiger partial charge in [0.15, 0.2) is 11.5 Å². The fourth-order valence-corrected chi connectivity index (χ4v) is 1.98. The maximum atomic E-state index is 9.45. The van der Waals surface area contributed by atoms with Crippen LogP contribution in [0.15, 0.2) is 28.7 Å². The van der Waals surface area contributed by atoms with Gasteiger partial charge in [0, 0.05) is 5.38 Å². The molecular formula is C12H13N3O2S. The molecule has 2 aromatic rings. The Hall–Kier alpha value is -2.08. The Bertz CT molecular complexity index is 566. The van der Waals surface area contributed by atoms with Crippen molar-refractivity contribution in [2.45, 2.75) is 6.92 Å². The summed E-state index contributed by atoms with van der Waals surface area (Å²) in [6, 6.07) is 5.01. The van der Waals surface area contributed by atoms with Crippen LogP contribution in [-0.4, -0.2) is 23.4 Å². The Morgan fingerprint density at radius 1 is 1.50 bits per heavy atom. The molecule has 0 aliphatic rings. The molecule has 0 spiro atoms. The number of hydrazone groups is 1. The molecule has 0 radical (unpaired) electrons. The minimum Gasteiger partial charge on any atom is -0.504 e. The van der Waals surface area contributed by atoms with Gasteiger partial charge in [-0.3, -0.25) is 5.43 Å². The van der Waals surface area contributed by atoms with E-state index in [1.807, 2.05) is 12.3 Å². The fraction of sp³-hybridized carbons (Fsp3) is 0.167. The van der Waals surface area contributed by atoms with Crippen LogP contribution in [-0.2, 0) is 0 Å². The molecule has 1 aromatic heterocycles. The molecule has 1 aromatic carbocycles. The van der Waals surface area contributed by atoms with Crippen molar-refractivity contribution in [3.05, 3.63) is 34.8 Å². The van der Waals surface area contributed by atoms with Crippen molar-refractivity contribution in [2.75, 3.05) is 12.5 Å². The van der Waals surface area contributed by atoms with Gasteiger partial charge in [-0.25, -0.2) is 4.98 Å². The molecule has 0 aliphatic carbocycles. The second kappa shape index (κ2) is 5.50. The molecule has 94 valence electrons. The van der Waals surface area contributed by atoms with Crippen LogP contribution in [0.25, 0.3) is 0 Å². The molecule has 1 heterocycles. The van der Waals surface area contributed by atoms with Gasteiger partial charge in [0.05, 0.1) is 19.0 Å². The first-order chi connectivity index (χ1) is 8.69. The molecule has 0 amide bonds. The third-order valence-corrected chi connectivity index (χ3v) is 3.06. The summed E-state index contributed by atoms with van der Waals surface area (Å²) in [5, 5.41) is 16.2. The number of anilines is 1. The monoisotopic (exact) mass is 263 g/mol. The average molecular weight is 263 g/mol. The Morgan fingerprint density at radius 3 is 3.00 bits per heavy atom. The second-order valence-electron chi connectivity index (χ2n) is 3.60.